The summed E-state index contributed by atoms with van der Waals surface area (Å²) in [5.74, 6) is 2.15. The van der Waals surface area contributed by atoms with Crippen molar-refractivity contribution in [3.63, 3.8) is 0 Å². The monoisotopic (exact) mass is 309 g/mol. The van der Waals surface area contributed by atoms with Gasteiger partial charge in [0, 0.05) is 13.1 Å². The summed E-state index contributed by atoms with van der Waals surface area (Å²) in [6.45, 7) is 2.52. The molecule has 1 aromatic rings. The maximum absolute atomic E-state index is 10.0. The van der Waals surface area contributed by atoms with E-state index in [1.54, 1.807) is 0 Å². The van der Waals surface area contributed by atoms with Crippen molar-refractivity contribution in [1.29, 1.82) is 0 Å². The molecular formula is C15H23N3O2S. The zero-order valence-electron chi connectivity index (χ0n) is 12.3. The van der Waals surface area contributed by atoms with E-state index in [1.165, 1.54) is 31.0 Å². The normalized spacial score (nSPS) is 35.1. The van der Waals surface area contributed by atoms with E-state index in [0.29, 0.717) is 5.92 Å². The number of piperidine rings is 1. The number of ether oxygens (including phenoxy) is 1. The number of nitrogens with zero attached hydrogens (tertiary/aromatic N) is 3. The predicted molar refractivity (Wildman–Crippen MR) is 80.4 cm³/mol. The molecule has 5 nitrogen and oxygen atoms in total. The Bertz CT molecular complexity index is 489. The summed E-state index contributed by atoms with van der Waals surface area (Å²) >= 11 is 1.25. The van der Waals surface area contributed by atoms with Crippen molar-refractivity contribution in [3.05, 3.63) is 5.69 Å². The average molecular weight is 309 g/mol. The van der Waals surface area contributed by atoms with Gasteiger partial charge in [-0.1, -0.05) is 12.8 Å². The molecule has 116 valence electrons. The molecular weight excluding hydrogens is 286 g/mol. The maximum Gasteiger partial charge on any atom is 0.250 e. The molecule has 0 aromatic carbocycles. The second kappa shape index (κ2) is 5.82. The van der Waals surface area contributed by atoms with Crippen molar-refractivity contribution in [2.45, 2.75) is 50.7 Å². The van der Waals surface area contributed by atoms with Gasteiger partial charge in [-0.2, -0.15) is 4.37 Å². The molecule has 3 heterocycles. The summed E-state index contributed by atoms with van der Waals surface area (Å²) in [4.78, 5) is 2.35. The SMILES string of the molecule is OC1CN2CC1CCC2c1nsnc1OCCCC1CC1. The minimum atomic E-state index is -0.162. The van der Waals surface area contributed by atoms with Crippen LogP contribution in [0.4, 0.5) is 0 Å². The van der Waals surface area contributed by atoms with E-state index in [4.69, 9.17) is 4.74 Å². The topological polar surface area (TPSA) is 58.5 Å². The summed E-state index contributed by atoms with van der Waals surface area (Å²) in [7, 11) is 0. The molecule has 2 saturated heterocycles. The first-order valence-corrected chi connectivity index (χ1v) is 8.91. The number of aliphatic hydroxyl groups is 1. The van der Waals surface area contributed by atoms with Crippen molar-refractivity contribution in [1.82, 2.24) is 13.6 Å². The summed E-state index contributed by atoms with van der Waals surface area (Å²) in [6.07, 6.45) is 7.21. The molecule has 1 aliphatic carbocycles. The molecule has 0 spiro atoms. The standard InChI is InChI=1S/C15H23N3O2S/c19-13-9-18-8-11(13)5-6-12(18)14-15(17-21-16-14)20-7-1-2-10-3-4-10/h10-13,19H,1-9H2. The molecule has 4 rings (SSSR count). The van der Waals surface area contributed by atoms with Gasteiger partial charge in [-0.25, -0.2) is 0 Å². The highest BCUT2D eigenvalue weighted by Gasteiger charge is 2.42. The lowest BCUT2D eigenvalue weighted by Crippen LogP contribution is -2.31. The third kappa shape index (κ3) is 2.94. The van der Waals surface area contributed by atoms with Crippen molar-refractivity contribution >= 4 is 11.7 Å². The number of aromatic nitrogens is 2. The molecule has 0 radical (unpaired) electrons. The first kappa shape index (κ1) is 13.9. The van der Waals surface area contributed by atoms with Gasteiger partial charge < -0.3 is 9.84 Å². The second-order valence-electron chi connectivity index (χ2n) is 6.76. The van der Waals surface area contributed by atoms with Crippen molar-refractivity contribution in [2.75, 3.05) is 19.7 Å². The molecule has 1 aromatic heterocycles. The fraction of sp³-hybridized carbons (Fsp3) is 0.867. The lowest BCUT2D eigenvalue weighted by atomic mass is 9.93. The molecule has 2 bridgehead atoms. The van der Waals surface area contributed by atoms with Crippen LogP contribution in [-0.2, 0) is 0 Å². The smallest absolute Gasteiger partial charge is 0.250 e. The molecule has 2 aliphatic heterocycles. The van der Waals surface area contributed by atoms with Crippen LogP contribution in [0.5, 0.6) is 5.88 Å². The van der Waals surface area contributed by atoms with E-state index >= 15 is 0 Å². The highest BCUT2D eigenvalue weighted by molar-refractivity contribution is 6.99. The first-order valence-electron chi connectivity index (χ1n) is 8.18. The Morgan fingerprint density at radius 1 is 1.19 bits per heavy atom. The lowest BCUT2D eigenvalue weighted by Gasteiger charge is -2.30. The molecule has 3 aliphatic rings. The summed E-state index contributed by atoms with van der Waals surface area (Å²) < 4.78 is 14.7. The highest BCUT2D eigenvalue weighted by atomic mass is 32.1. The quantitative estimate of drug-likeness (QED) is 0.817. The summed E-state index contributed by atoms with van der Waals surface area (Å²) in [5.41, 5.74) is 0.999. The second-order valence-corrected chi connectivity index (χ2v) is 7.29. The molecule has 3 fully saturated rings. The third-order valence-corrected chi connectivity index (χ3v) is 5.70. The van der Waals surface area contributed by atoms with Crippen molar-refractivity contribution in [3.8, 4) is 5.88 Å². The van der Waals surface area contributed by atoms with Crippen LogP contribution in [0.1, 0.15) is 50.3 Å². The Kier molecular flexibility index (Phi) is 3.85. The van der Waals surface area contributed by atoms with Gasteiger partial charge in [-0.15, -0.1) is 4.37 Å². The molecule has 4 atom stereocenters. The van der Waals surface area contributed by atoms with E-state index in [2.05, 4.69) is 13.6 Å². The number of hydrogen-bond acceptors (Lipinski definition) is 6. The molecule has 21 heavy (non-hydrogen) atoms. The van der Waals surface area contributed by atoms with Gasteiger partial charge in [0.1, 0.15) is 5.69 Å². The van der Waals surface area contributed by atoms with Crippen LogP contribution < -0.4 is 4.74 Å². The van der Waals surface area contributed by atoms with Gasteiger partial charge in [0.2, 0.25) is 0 Å². The number of aliphatic hydroxyl groups excluding tert-OH is 1. The minimum absolute atomic E-state index is 0.162. The molecule has 6 heteroatoms. The Morgan fingerprint density at radius 3 is 2.95 bits per heavy atom. The van der Waals surface area contributed by atoms with E-state index in [9.17, 15) is 5.11 Å². The zero-order valence-corrected chi connectivity index (χ0v) is 13.1. The van der Waals surface area contributed by atoms with Gasteiger partial charge in [0.25, 0.3) is 5.88 Å². The molecule has 4 unspecified atom stereocenters. The van der Waals surface area contributed by atoms with E-state index in [0.717, 1.165) is 56.5 Å². The van der Waals surface area contributed by atoms with Crippen LogP contribution in [0.25, 0.3) is 0 Å². The highest BCUT2D eigenvalue weighted by Crippen LogP contribution is 2.41. The summed E-state index contributed by atoms with van der Waals surface area (Å²) in [6, 6.07) is 0.288. The van der Waals surface area contributed by atoms with E-state index < -0.39 is 0 Å². The predicted octanol–water partition coefficient (Wildman–Crippen LogP) is 2.23. The lowest BCUT2D eigenvalue weighted by molar-refractivity contribution is 0.144. The maximum atomic E-state index is 10.0. The minimum Gasteiger partial charge on any atom is -0.476 e. The van der Waals surface area contributed by atoms with Crippen LogP contribution in [-0.4, -0.2) is 44.6 Å². The number of hydrogen-bond donors (Lipinski definition) is 1. The number of fused-ring (bicyclic) bond motifs is 2. The van der Waals surface area contributed by atoms with Crippen molar-refractivity contribution in [2.24, 2.45) is 11.8 Å². The van der Waals surface area contributed by atoms with Crippen LogP contribution in [0.2, 0.25) is 0 Å². The van der Waals surface area contributed by atoms with Gasteiger partial charge in [0.15, 0.2) is 0 Å². The first-order chi connectivity index (χ1) is 10.3. The zero-order chi connectivity index (χ0) is 14.2. The van der Waals surface area contributed by atoms with Crippen LogP contribution >= 0.6 is 11.7 Å². The Hall–Kier alpha value is -0.720. The van der Waals surface area contributed by atoms with Gasteiger partial charge in [-0.3, -0.25) is 4.90 Å². The van der Waals surface area contributed by atoms with Gasteiger partial charge >= 0.3 is 0 Å². The van der Waals surface area contributed by atoms with Gasteiger partial charge in [0.05, 0.1) is 30.5 Å². The fourth-order valence-electron chi connectivity index (χ4n) is 3.73. The third-order valence-electron chi connectivity index (χ3n) is 5.18. The Labute approximate surface area is 129 Å². The van der Waals surface area contributed by atoms with Gasteiger partial charge in [-0.05, 0) is 37.5 Å². The Morgan fingerprint density at radius 2 is 2.10 bits per heavy atom. The average Bonchev–Trinajstić information content (AvgIpc) is 3.12. The van der Waals surface area contributed by atoms with E-state index in [1.807, 2.05) is 0 Å². The summed E-state index contributed by atoms with van der Waals surface area (Å²) in [5, 5.41) is 10.0. The fourth-order valence-corrected chi connectivity index (χ4v) is 4.28. The van der Waals surface area contributed by atoms with Crippen molar-refractivity contribution < 1.29 is 9.84 Å². The molecule has 0 amide bonds. The number of rotatable bonds is 6. The molecule has 1 N–H and O–H groups in total. The molecule has 1 saturated carbocycles. The van der Waals surface area contributed by atoms with Crippen LogP contribution in [0.15, 0.2) is 0 Å². The Balaban J connectivity index is 1.37. The van der Waals surface area contributed by atoms with Crippen LogP contribution in [0.3, 0.4) is 0 Å². The van der Waals surface area contributed by atoms with E-state index in [-0.39, 0.29) is 12.1 Å². The van der Waals surface area contributed by atoms with Crippen LogP contribution in [0, 0.1) is 11.8 Å². The largest absolute Gasteiger partial charge is 0.476 e.